The largest absolute Gasteiger partial charge is 0.573 e. The molecule has 1 aliphatic heterocycles. The summed E-state index contributed by atoms with van der Waals surface area (Å²) < 4.78 is 62.7. The van der Waals surface area contributed by atoms with Crippen molar-refractivity contribution >= 4 is 40.8 Å². The van der Waals surface area contributed by atoms with Crippen LogP contribution >= 0.6 is 0 Å². The van der Waals surface area contributed by atoms with Gasteiger partial charge in [-0.3, -0.25) is 34.1 Å². The van der Waals surface area contributed by atoms with E-state index in [0.717, 1.165) is 11.0 Å². The van der Waals surface area contributed by atoms with E-state index in [1.165, 1.54) is 37.4 Å². The Labute approximate surface area is 205 Å². The second-order valence-corrected chi connectivity index (χ2v) is 8.70. The van der Waals surface area contributed by atoms with E-state index < -0.39 is 46.9 Å². The molecule has 192 valence electrons. The summed E-state index contributed by atoms with van der Waals surface area (Å²) in [6.07, 6.45) is -4.80. The molecular weight excluding hydrogens is 507 g/mol. The second kappa shape index (κ2) is 10.8. The molecule has 10 nitrogen and oxygen atoms in total. The lowest BCUT2D eigenvalue weighted by Gasteiger charge is -2.22. The standard InChI is InChI=1S/C22H20F3N3O7S/c1-12(7-8-19(30)26-11-29)28-20(31)13-9-15(17(34-2)10-14(13)21(28)32)27-36(33)18-6-4-3-5-16(18)35-22(23,24)25/h3-6,9-12,27H,7-8H2,1-2H3,(H,26,29,30). The number of nitrogens with one attached hydrogen (secondary N) is 2. The zero-order chi connectivity index (χ0) is 26.6. The first-order chi connectivity index (χ1) is 17.0. The molecule has 0 fully saturated rings. The first-order valence-corrected chi connectivity index (χ1v) is 11.5. The van der Waals surface area contributed by atoms with Crippen molar-refractivity contribution in [3.63, 3.8) is 0 Å². The van der Waals surface area contributed by atoms with Gasteiger partial charge < -0.3 is 9.47 Å². The molecule has 2 unspecified atom stereocenters. The third kappa shape index (κ3) is 5.82. The number of para-hydroxylation sites is 1. The van der Waals surface area contributed by atoms with Crippen molar-refractivity contribution in [2.75, 3.05) is 11.8 Å². The Kier molecular flexibility index (Phi) is 7.97. The van der Waals surface area contributed by atoms with Crippen molar-refractivity contribution in [2.24, 2.45) is 0 Å². The SMILES string of the molecule is COc1cc2c(cc1NS(=O)c1ccccc1OC(F)(F)F)C(=O)N(C(C)CCC(=O)NC=O)C2=O. The van der Waals surface area contributed by atoms with Gasteiger partial charge in [0.05, 0.1) is 23.9 Å². The number of hydrogen-bond donors (Lipinski definition) is 2. The first-order valence-electron chi connectivity index (χ1n) is 10.3. The van der Waals surface area contributed by atoms with Crippen molar-refractivity contribution in [1.82, 2.24) is 10.2 Å². The summed E-state index contributed by atoms with van der Waals surface area (Å²) in [5.74, 6) is -2.57. The van der Waals surface area contributed by atoms with E-state index in [9.17, 15) is 36.6 Å². The minimum atomic E-state index is -5.01. The van der Waals surface area contributed by atoms with Gasteiger partial charge in [0.1, 0.15) is 16.4 Å². The van der Waals surface area contributed by atoms with Gasteiger partial charge in [-0.25, -0.2) is 4.21 Å². The zero-order valence-corrected chi connectivity index (χ0v) is 19.7. The number of ether oxygens (including phenoxy) is 2. The zero-order valence-electron chi connectivity index (χ0n) is 18.9. The Balaban J connectivity index is 1.87. The third-order valence-corrected chi connectivity index (χ3v) is 6.31. The number of benzene rings is 2. The van der Waals surface area contributed by atoms with Gasteiger partial charge >= 0.3 is 6.36 Å². The molecule has 14 heteroatoms. The van der Waals surface area contributed by atoms with Gasteiger partial charge in [0.25, 0.3) is 11.8 Å². The van der Waals surface area contributed by atoms with Gasteiger partial charge in [0.15, 0.2) is 11.0 Å². The van der Waals surface area contributed by atoms with E-state index in [0.29, 0.717) is 0 Å². The minimum Gasteiger partial charge on any atom is -0.495 e. The minimum absolute atomic E-state index is 0.00168. The summed E-state index contributed by atoms with van der Waals surface area (Å²) in [6.45, 7) is 1.55. The van der Waals surface area contributed by atoms with Crippen molar-refractivity contribution in [3.8, 4) is 11.5 Å². The fourth-order valence-corrected chi connectivity index (χ4v) is 4.47. The molecule has 1 heterocycles. The lowest BCUT2D eigenvalue weighted by Crippen LogP contribution is -2.38. The number of halogens is 3. The summed E-state index contributed by atoms with van der Waals surface area (Å²) in [7, 11) is -1.02. The summed E-state index contributed by atoms with van der Waals surface area (Å²) in [5, 5.41) is 1.97. The van der Waals surface area contributed by atoms with E-state index in [1.807, 2.05) is 5.32 Å². The average Bonchev–Trinajstić information content (AvgIpc) is 3.05. The van der Waals surface area contributed by atoms with Crippen LogP contribution in [0.25, 0.3) is 0 Å². The molecule has 0 bridgehead atoms. The normalized spacial score (nSPS) is 14.6. The number of methoxy groups -OCH3 is 1. The monoisotopic (exact) mass is 527 g/mol. The van der Waals surface area contributed by atoms with Crippen LogP contribution < -0.4 is 19.5 Å². The Morgan fingerprint density at radius 3 is 2.39 bits per heavy atom. The van der Waals surface area contributed by atoms with Crippen LogP contribution in [0.15, 0.2) is 41.3 Å². The van der Waals surface area contributed by atoms with Gasteiger partial charge in [0.2, 0.25) is 12.3 Å². The van der Waals surface area contributed by atoms with Crippen LogP contribution in [0.3, 0.4) is 0 Å². The van der Waals surface area contributed by atoms with E-state index in [2.05, 4.69) is 9.46 Å². The number of carbonyl (C=O) groups is 4. The third-order valence-electron chi connectivity index (χ3n) is 5.17. The predicted octanol–water partition coefficient (Wildman–Crippen LogP) is 2.77. The van der Waals surface area contributed by atoms with Gasteiger partial charge in [-0.15, -0.1) is 13.2 Å². The van der Waals surface area contributed by atoms with Crippen LogP contribution in [0, 0.1) is 0 Å². The number of imide groups is 2. The molecule has 2 aromatic carbocycles. The molecule has 4 amide bonds. The van der Waals surface area contributed by atoms with E-state index in [4.69, 9.17) is 4.74 Å². The maximum absolute atomic E-state index is 13.0. The molecule has 0 aliphatic carbocycles. The van der Waals surface area contributed by atoms with Gasteiger partial charge in [-0.05, 0) is 37.6 Å². The molecule has 0 saturated heterocycles. The molecule has 1 aliphatic rings. The average molecular weight is 527 g/mol. The maximum atomic E-state index is 13.0. The van der Waals surface area contributed by atoms with Crippen molar-refractivity contribution in [1.29, 1.82) is 0 Å². The smallest absolute Gasteiger partial charge is 0.495 e. The van der Waals surface area contributed by atoms with Gasteiger partial charge in [0, 0.05) is 12.5 Å². The molecular formula is C22H20F3N3O7S. The number of fused-ring (bicyclic) bond motifs is 1. The van der Waals surface area contributed by atoms with Crippen LogP contribution in [0.1, 0.15) is 40.5 Å². The summed E-state index contributed by atoms with van der Waals surface area (Å²) in [5.41, 5.74) is -0.0695. The van der Waals surface area contributed by atoms with E-state index >= 15 is 0 Å². The quantitative estimate of drug-likeness (QED) is 0.359. The molecule has 2 atom stereocenters. The molecule has 3 rings (SSSR count). The molecule has 0 saturated carbocycles. The number of alkyl halides is 3. The molecule has 36 heavy (non-hydrogen) atoms. The van der Waals surface area contributed by atoms with Crippen molar-refractivity contribution < 1.29 is 46.0 Å². The maximum Gasteiger partial charge on any atom is 0.573 e. The Morgan fingerprint density at radius 1 is 1.14 bits per heavy atom. The highest BCUT2D eigenvalue weighted by Crippen LogP contribution is 2.36. The van der Waals surface area contributed by atoms with Gasteiger partial charge in [-0.1, -0.05) is 12.1 Å². The number of anilines is 1. The van der Waals surface area contributed by atoms with Crippen LogP contribution in [0.4, 0.5) is 18.9 Å². The Bertz CT molecular complexity index is 1240. The Hall–Kier alpha value is -3.94. The fourth-order valence-electron chi connectivity index (χ4n) is 3.51. The van der Waals surface area contributed by atoms with Gasteiger partial charge in [-0.2, -0.15) is 0 Å². The van der Waals surface area contributed by atoms with E-state index in [1.54, 1.807) is 6.92 Å². The number of carbonyl (C=O) groups excluding carboxylic acids is 4. The van der Waals surface area contributed by atoms with Crippen LogP contribution in [0.2, 0.25) is 0 Å². The highest BCUT2D eigenvalue weighted by molar-refractivity contribution is 7.86. The van der Waals surface area contributed by atoms with Crippen LogP contribution in [0.5, 0.6) is 11.5 Å². The highest BCUT2D eigenvalue weighted by atomic mass is 32.2. The fraction of sp³-hybridized carbons (Fsp3) is 0.273. The summed E-state index contributed by atoms with van der Waals surface area (Å²) in [6, 6.07) is 6.58. The predicted molar refractivity (Wildman–Crippen MR) is 120 cm³/mol. The number of amides is 4. The second-order valence-electron chi connectivity index (χ2n) is 7.52. The lowest BCUT2D eigenvalue weighted by atomic mass is 10.1. The Morgan fingerprint density at radius 2 is 1.78 bits per heavy atom. The number of hydrogen-bond acceptors (Lipinski definition) is 7. The molecule has 0 radical (unpaired) electrons. The molecule has 2 N–H and O–H groups in total. The summed E-state index contributed by atoms with van der Waals surface area (Å²) >= 11 is 0. The topological polar surface area (TPSA) is 131 Å². The molecule has 2 aromatic rings. The van der Waals surface area contributed by atoms with Crippen molar-refractivity contribution in [2.45, 2.75) is 37.1 Å². The van der Waals surface area contributed by atoms with Crippen LogP contribution in [-0.4, -0.2) is 52.8 Å². The lowest BCUT2D eigenvalue weighted by molar-refractivity contribution is -0.275. The van der Waals surface area contributed by atoms with E-state index in [-0.39, 0.29) is 46.7 Å². The number of nitrogens with zero attached hydrogens (tertiary/aromatic N) is 1. The summed E-state index contributed by atoms with van der Waals surface area (Å²) in [4.78, 5) is 48.4. The van der Waals surface area contributed by atoms with Crippen LogP contribution in [-0.2, 0) is 20.6 Å². The number of rotatable bonds is 10. The molecule has 0 aromatic heterocycles. The van der Waals surface area contributed by atoms with Crippen molar-refractivity contribution in [3.05, 3.63) is 47.5 Å². The molecule has 0 spiro atoms. The highest BCUT2D eigenvalue weighted by Gasteiger charge is 2.40. The first kappa shape index (κ1) is 26.7.